The maximum Gasteiger partial charge on any atom is 0.356 e. The monoisotopic (exact) mass is 310 g/mol. The number of nitrogens with zero attached hydrogens (tertiary/aromatic N) is 1. The molecule has 0 aliphatic rings. The summed E-state index contributed by atoms with van der Waals surface area (Å²) < 4.78 is 0. The molecule has 6 N–H and O–H groups in total. The van der Waals surface area contributed by atoms with Crippen molar-refractivity contribution in [3.63, 3.8) is 0 Å². The van der Waals surface area contributed by atoms with Gasteiger partial charge in [-0.3, -0.25) is 5.84 Å². The minimum absolute atomic E-state index is 0.0285. The van der Waals surface area contributed by atoms with Crippen LogP contribution in [-0.2, 0) is 4.79 Å². The third kappa shape index (κ3) is 3.13. The van der Waals surface area contributed by atoms with Crippen LogP contribution >= 0.6 is 23.4 Å². The standard InChI is InChI=1S/C12H11ClN4O2S/c13-7-2-3-8-6(5-7)1-4-9(16-8)20-11(14)10(17-15)12(18)19/h1-5,17H,14-15H2,(H,18,19)/b11-10+. The summed E-state index contributed by atoms with van der Waals surface area (Å²) in [7, 11) is 0. The summed E-state index contributed by atoms with van der Waals surface area (Å²) in [5.41, 5.74) is 8.21. The molecule has 0 spiro atoms. The van der Waals surface area contributed by atoms with Crippen molar-refractivity contribution < 1.29 is 9.90 Å². The average molecular weight is 311 g/mol. The summed E-state index contributed by atoms with van der Waals surface area (Å²) in [6.07, 6.45) is 0. The van der Waals surface area contributed by atoms with Crippen molar-refractivity contribution in [3.8, 4) is 0 Å². The Morgan fingerprint density at radius 1 is 1.35 bits per heavy atom. The van der Waals surface area contributed by atoms with Gasteiger partial charge in [0.15, 0.2) is 5.70 Å². The van der Waals surface area contributed by atoms with E-state index in [0.717, 1.165) is 22.7 Å². The minimum atomic E-state index is -1.23. The van der Waals surface area contributed by atoms with E-state index in [-0.39, 0.29) is 10.7 Å². The molecule has 8 heteroatoms. The zero-order chi connectivity index (χ0) is 14.7. The molecule has 0 fully saturated rings. The number of nitrogens with one attached hydrogen (secondary N) is 1. The van der Waals surface area contributed by atoms with E-state index in [1.807, 2.05) is 6.07 Å². The van der Waals surface area contributed by atoms with E-state index in [2.05, 4.69) is 10.4 Å². The second-order valence-corrected chi connectivity index (χ2v) is 5.28. The first-order valence-electron chi connectivity index (χ1n) is 5.45. The molecule has 0 atom stereocenters. The van der Waals surface area contributed by atoms with Crippen molar-refractivity contribution in [2.24, 2.45) is 11.6 Å². The van der Waals surface area contributed by atoms with E-state index in [1.54, 1.807) is 24.3 Å². The van der Waals surface area contributed by atoms with Gasteiger partial charge < -0.3 is 16.3 Å². The Balaban J connectivity index is 2.35. The molecule has 2 aromatic rings. The zero-order valence-electron chi connectivity index (χ0n) is 10.1. The third-order valence-electron chi connectivity index (χ3n) is 2.44. The number of nitrogens with two attached hydrogens (primary N) is 2. The van der Waals surface area contributed by atoms with Gasteiger partial charge in [-0.2, -0.15) is 0 Å². The molecule has 0 saturated carbocycles. The van der Waals surface area contributed by atoms with Crippen LogP contribution in [0, 0.1) is 0 Å². The number of benzene rings is 1. The zero-order valence-corrected chi connectivity index (χ0v) is 11.7. The largest absolute Gasteiger partial charge is 0.476 e. The molecule has 2 rings (SSSR count). The lowest BCUT2D eigenvalue weighted by Crippen LogP contribution is -2.29. The predicted octanol–water partition coefficient (Wildman–Crippen LogP) is 1.66. The van der Waals surface area contributed by atoms with Crippen molar-refractivity contribution in [2.45, 2.75) is 5.03 Å². The molecule has 0 unspecified atom stereocenters. The number of carboxylic acids is 1. The highest BCUT2D eigenvalue weighted by Crippen LogP contribution is 2.26. The Kier molecular flexibility index (Phi) is 4.33. The first kappa shape index (κ1) is 14.4. The molecule has 0 aliphatic heterocycles. The number of hydrogen-bond donors (Lipinski definition) is 4. The van der Waals surface area contributed by atoms with Crippen molar-refractivity contribution >= 4 is 40.2 Å². The van der Waals surface area contributed by atoms with Gasteiger partial charge in [0.25, 0.3) is 0 Å². The average Bonchev–Trinajstić information content (AvgIpc) is 2.39. The van der Waals surface area contributed by atoms with Crippen LogP contribution in [0.25, 0.3) is 10.9 Å². The summed E-state index contributed by atoms with van der Waals surface area (Å²) >= 11 is 6.90. The van der Waals surface area contributed by atoms with Gasteiger partial charge in [-0.05, 0) is 24.3 Å². The number of aliphatic carboxylic acids is 1. The number of hydrazine groups is 1. The predicted molar refractivity (Wildman–Crippen MR) is 78.8 cm³/mol. The fourth-order valence-corrected chi connectivity index (χ4v) is 2.47. The molecule has 1 aromatic heterocycles. The van der Waals surface area contributed by atoms with Gasteiger partial charge in [-0.1, -0.05) is 29.4 Å². The number of hydrogen-bond acceptors (Lipinski definition) is 6. The number of pyridine rings is 1. The molecular formula is C12H11ClN4O2S. The van der Waals surface area contributed by atoms with Crippen LogP contribution < -0.4 is 17.0 Å². The van der Waals surface area contributed by atoms with E-state index in [9.17, 15) is 4.79 Å². The topological polar surface area (TPSA) is 114 Å². The fraction of sp³-hybridized carbons (Fsp3) is 0. The van der Waals surface area contributed by atoms with Crippen LogP contribution in [0.15, 0.2) is 46.1 Å². The Morgan fingerprint density at radius 3 is 2.75 bits per heavy atom. The summed E-state index contributed by atoms with van der Waals surface area (Å²) in [5, 5.41) is 11.0. The molecule has 0 amide bonds. The van der Waals surface area contributed by atoms with Gasteiger partial charge in [0.05, 0.1) is 5.52 Å². The third-order valence-corrected chi connectivity index (χ3v) is 3.54. The van der Waals surface area contributed by atoms with Gasteiger partial charge in [-0.25, -0.2) is 9.78 Å². The molecule has 1 aromatic carbocycles. The van der Waals surface area contributed by atoms with Crippen LogP contribution in [0.5, 0.6) is 0 Å². The second kappa shape index (κ2) is 6.00. The molecule has 0 radical (unpaired) electrons. The summed E-state index contributed by atoms with van der Waals surface area (Å²) in [6.45, 7) is 0. The quantitative estimate of drug-likeness (QED) is 0.294. The van der Waals surface area contributed by atoms with Crippen molar-refractivity contribution in [3.05, 3.63) is 46.1 Å². The number of carboxylic acid groups (broad SMARTS) is 1. The van der Waals surface area contributed by atoms with Crippen molar-refractivity contribution in [1.82, 2.24) is 10.4 Å². The molecule has 0 aliphatic carbocycles. The highest BCUT2D eigenvalue weighted by Gasteiger charge is 2.12. The van der Waals surface area contributed by atoms with E-state index in [0.29, 0.717) is 10.0 Å². The number of fused-ring (bicyclic) bond motifs is 1. The SMILES string of the molecule is NN/C(C(=O)O)=C(\N)Sc1ccc2cc(Cl)ccc2n1. The summed E-state index contributed by atoms with van der Waals surface area (Å²) in [4.78, 5) is 15.2. The Labute approximate surface area is 123 Å². The minimum Gasteiger partial charge on any atom is -0.476 e. The maximum absolute atomic E-state index is 10.9. The molecule has 6 nitrogen and oxygen atoms in total. The molecule has 0 saturated heterocycles. The van der Waals surface area contributed by atoms with Crippen LogP contribution in [0.1, 0.15) is 0 Å². The Bertz CT molecular complexity index is 705. The molecule has 20 heavy (non-hydrogen) atoms. The Hall–Kier alpha value is -1.96. The Morgan fingerprint density at radius 2 is 2.10 bits per heavy atom. The highest BCUT2D eigenvalue weighted by atomic mass is 35.5. The summed E-state index contributed by atoms with van der Waals surface area (Å²) in [5.74, 6) is 3.89. The molecular weight excluding hydrogens is 300 g/mol. The first-order valence-corrected chi connectivity index (χ1v) is 6.64. The maximum atomic E-state index is 10.9. The number of halogens is 1. The number of carbonyl (C=O) groups is 1. The second-order valence-electron chi connectivity index (χ2n) is 3.78. The number of rotatable bonds is 4. The van der Waals surface area contributed by atoms with Gasteiger partial charge in [0.1, 0.15) is 10.1 Å². The molecule has 0 bridgehead atoms. The van der Waals surface area contributed by atoms with Crippen molar-refractivity contribution in [2.75, 3.05) is 0 Å². The highest BCUT2D eigenvalue weighted by molar-refractivity contribution is 8.03. The van der Waals surface area contributed by atoms with Gasteiger partial charge in [-0.15, -0.1) is 0 Å². The lowest BCUT2D eigenvalue weighted by atomic mass is 10.2. The van der Waals surface area contributed by atoms with E-state index in [1.165, 1.54) is 0 Å². The number of thioether (sulfide) groups is 1. The fourth-order valence-electron chi connectivity index (χ4n) is 1.54. The molecule has 1 heterocycles. The normalized spacial score (nSPS) is 12.1. The van der Waals surface area contributed by atoms with E-state index < -0.39 is 5.97 Å². The number of aromatic nitrogens is 1. The van der Waals surface area contributed by atoms with Gasteiger partial charge in [0, 0.05) is 10.4 Å². The smallest absolute Gasteiger partial charge is 0.356 e. The van der Waals surface area contributed by atoms with Crippen LogP contribution in [0.4, 0.5) is 0 Å². The van der Waals surface area contributed by atoms with Crippen molar-refractivity contribution in [1.29, 1.82) is 0 Å². The van der Waals surface area contributed by atoms with Crippen LogP contribution in [-0.4, -0.2) is 16.1 Å². The van der Waals surface area contributed by atoms with Gasteiger partial charge >= 0.3 is 5.97 Å². The van der Waals surface area contributed by atoms with Gasteiger partial charge in [0.2, 0.25) is 0 Å². The van der Waals surface area contributed by atoms with Crippen LogP contribution in [0.2, 0.25) is 5.02 Å². The lowest BCUT2D eigenvalue weighted by Gasteiger charge is -2.07. The molecule has 104 valence electrons. The summed E-state index contributed by atoms with van der Waals surface area (Å²) in [6, 6.07) is 8.86. The van der Waals surface area contributed by atoms with Crippen LogP contribution in [0.3, 0.4) is 0 Å². The van der Waals surface area contributed by atoms with E-state index >= 15 is 0 Å². The first-order chi connectivity index (χ1) is 9.51. The van der Waals surface area contributed by atoms with E-state index in [4.69, 9.17) is 28.3 Å². The lowest BCUT2D eigenvalue weighted by molar-refractivity contribution is -0.133.